The van der Waals surface area contributed by atoms with E-state index in [1.807, 2.05) is 0 Å². The van der Waals surface area contributed by atoms with Crippen molar-refractivity contribution < 1.29 is 0 Å². The molecule has 0 aliphatic heterocycles. The van der Waals surface area contributed by atoms with E-state index >= 15 is 0 Å². The van der Waals surface area contributed by atoms with E-state index < -0.39 is 0 Å². The molecule has 0 atom stereocenters. The summed E-state index contributed by atoms with van der Waals surface area (Å²) in [5.41, 5.74) is 17.2. The van der Waals surface area contributed by atoms with Crippen molar-refractivity contribution >= 4 is 17.2 Å². The lowest BCUT2D eigenvalue weighted by atomic mass is 10.4. The minimum atomic E-state index is 0.396. The Bertz CT molecular complexity index is 381. The minimum absolute atomic E-state index is 0.396. The van der Waals surface area contributed by atoms with Crippen LogP contribution in [0.4, 0.5) is 17.2 Å². The van der Waals surface area contributed by atoms with Gasteiger partial charge in [0.15, 0.2) is 0 Å². The standard InChI is InChI=1S/C5H7N3.C5H6N2/c6-4-2-1-3-8-5(4)7;6-5-1-3-7-4-2-5/h1-3H,6H2,(H2,7,8);1-4H,(H2,6,7). The van der Waals surface area contributed by atoms with Crippen LogP contribution in [-0.2, 0) is 0 Å². The molecule has 5 nitrogen and oxygen atoms in total. The average Bonchev–Trinajstić information content (AvgIpc) is 2.25. The van der Waals surface area contributed by atoms with E-state index in [0.29, 0.717) is 11.5 Å². The second-order valence-electron chi connectivity index (χ2n) is 2.76. The zero-order valence-electron chi connectivity index (χ0n) is 8.17. The van der Waals surface area contributed by atoms with Crippen molar-refractivity contribution in [3.63, 3.8) is 0 Å². The molecule has 0 bridgehead atoms. The zero-order valence-corrected chi connectivity index (χ0v) is 8.17. The first-order chi connectivity index (χ1) is 7.20. The van der Waals surface area contributed by atoms with Gasteiger partial charge in [-0.05, 0) is 24.3 Å². The number of nitrogen functional groups attached to an aromatic ring is 3. The minimum Gasteiger partial charge on any atom is -0.399 e. The van der Waals surface area contributed by atoms with Crippen LogP contribution in [0.5, 0.6) is 0 Å². The van der Waals surface area contributed by atoms with Crippen LogP contribution in [0.3, 0.4) is 0 Å². The molecule has 2 aromatic rings. The molecule has 2 aromatic heterocycles. The normalized spacial score (nSPS) is 8.80. The van der Waals surface area contributed by atoms with E-state index in [1.165, 1.54) is 0 Å². The third kappa shape index (κ3) is 3.95. The highest BCUT2D eigenvalue weighted by molar-refractivity contribution is 5.56. The maximum absolute atomic E-state index is 5.33. The second kappa shape index (κ2) is 5.43. The Kier molecular flexibility index (Phi) is 3.91. The number of rotatable bonds is 0. The Hall–Kier alpha value is -2.30. The number of aromatic nitrogens is 2. The molecule has 2 rings (SSSR count). The highest BCUT2D eigenvalue weighted by Crippen LogP contribution is 2.06. The summed E-state index contributed by atoms with van der Waals surface area (Å²) in [6.45, 7) is 0. The van der Waals surface area contributed by atoms with Crippen LogP contribution in [0.25, 0.3) is 0 Å². The summed E-state index contributed by atoms with van der Waals surface area (Å²) < 4.78 is 0. The molecule has 78 valence electrons. The third-order valence-corrected chi connectivity index (χ3v) is 1.58. The van der Waals surface area contributed by atoms with Gasteiger partial charge in [-0.2, -0.15) is 0 Å². The first-order valence-corrected chi connectivity index (χ1v) is 4.31. The van der Waals surface area contributed by atoms with E-state index in [2.05, 4.69) is 9.97 Å². The highest BCUT2D eigenvalue weighted by atomic mass is 14.9. The van der Waals surface area contributed by atoms with E-state index in [9.17, 15) is 0 Å². The molecule has 0 unspecified atom stereocenters. The summed E-state index contributed by atoms with van der Waals surface area (Å²) in [6, 6.07) is 6.95. The molecular formula is C10H13N5. The Morgan fingerprint density at radius 2 is 1.53 bits per heavy atom. The fourth-order valence-electron chi connectivity index (χ4n) is 0.793. The van der Waals surface area contributed by atoms with Gasteiger partial charge in [-0.25, -0.2) is 4.98 Å². The van der Waals surface area contributed by atoms with E-state index in [-0.39, 0.29) is 0 Å². The van der Waals surface area contributed by atoms with E-state index in [4.69, 9.17) is 17.2 Å². The molecule has 6 N–H and O–H groups in total. The summed E-state index contributed by atoms with van der Waals surface area (Å²) >= 11 is 0. The van der Waals surface area contributed by atoms with Crippen LogP contribution in [0.1, 0.15) is 0 Å². The maximum atomic E-state index is 5.33. The van der Waals surface area contributed by atoms with E-state index in [1.54, 1.807) is 42.9 Å². The lowest BCUT2D eigenvalue weighted by molar-refractivity contribution is 1.33. The van der Waals surface area contributed by atoms with Crippen molar-refractivity contribution in [2.45, 2.75) is 0 Å². The van der Waals surface area contributed by atoms with Crippen molar-refractivity contribution in [2.75, 3.05) is 17.2 Å². The van der Waals surface area contributed by atoms with Crippen LogP contribution >= 0.6 is 0 Å². The van der Waals surface area contributed by atoms with Gasteiger partial charge in [0.2, 0.25) is 0 Å². The van der Waals surface area contributed by atoms with Gasteiger partial charge in [0.25, 0.3) is 0 Å². The molecule has 0 amide bonds. The summed E-state index contributed by atoms with van der Waals surface area (Å²) in [7, 11) is 0. The van der Waals surface area contributed by atoms with E-state index in [0.717, 1.165) is 5.69 Å². The number of anilines is 3. The van der Waals surface area contributed by atoms with Crippen molar-refractivity contribution in [3.05, 3.63) is 42.9 Å². The average molecular weight is 203 g/mol. The van der Waals surface area contributed by atoms with Crippen molar-refractivity contribution in [3.8, 4) is 0 Å². The third-order valence-electron chi connectivity index (χ3n) is 1.58. The molecule has 0 fully saturated rings. The molecule has 5 heteroatoms. The topological polar surface area (TPSA) is 104 Å². The van der Waals surface area contributed by atoms with Gasteiger partial charge in [-0.15, -0.1) is 0 Å². The summed E-state index contributed by atoms with van der Waals surface area (Å²) in [6.07, 6.45) is 4.93. The molecule has 0 saturated carbocycles. The Morgan fingerprint density at radius 1 is 0.867 bits per heavy atom. The molecule has 2 heterocycles. The summed E-state index contributed by atoms with van der Waals surface area (Å²) in [5.74, 6) is 0.396. The summed E-state index contributed by atoms with van der Waals surface area (Å²) in [5, 5.41) is 0. The van der Waals surface area contributed by atoms with Crippen LogP contribution in [0, 0.1) is 0 Å². The van der Waals surface area contributed by atoms with Gasteiger partial charge in [0.1, 0.15) is 5.82 Å². The lowest BCUT2D eigenvalue weighted by Crippen LogP contribution is -1.95. The van der Waals surface area contributed by atoms with Crippen LogP contribution in [0.2, 0.25) is 0 Å². The SMILES string of the molecule is Nc1cccnc1N.Nc1ccncc1. The molecule has 0 spiro atoms. The smallest absolute Gasteiger partial charge is 0.146 e. The number of nitrogens with zero attached hydrogens (tertiary/aromatic N) is 2. The van der Waals surface area contributed by atoms with Crippen molar-refractivity contribution in [1.29, 1.82) is 0 Å². The number of nitrogens with two attached hydrogens (primary N) is 3. The Labute approximate surface area is 88.0 Å². The van der Waals surface area contributed by atoms with Gasteiger partial charge >= 0.3 is 0 Å². The number of pyridine rings is 2. The largest absolute Gasteiger partial charge is 0.399 e. The highest BCUT2D eigenvalue weighted by Gasteiger charge is 1.87. The molecule has 0 aromatic carbocycles. The Balaban J connectivity index is 0.000000151. The lowest BCUT2D eigenvalue weighted by Gasteiger charge is -1.92. The predicted molar refractivity (Wildman–Crippen MR) is 61.7 cm³/mol. The fourth-order valence-corrected chi connectivity index (χ4v) is 0.793. The quantitative estimate of drug-likeness (QED) is 0.590. The number of hydrogen-bond donors (Lipinski definition) is 3. The molecule has 15 heavy (non-hydrogen) atoms. The molecule has 0 aliphatic carbocycles. The first kappa shape index (κ1) is 10.8. The van der Waals surface area contributed by atoms with Gasteiger partial charge < -0.3 is 17.2 Å². The molecular weight excluding hydrogens is 190 g/mol. The second-order valence-corrected chi connectivity index (χ2v) is 2.76. The van der Waals surface area contributed by atoms with Crippen molar-refractivity contribution in [1.82, 2.24) is 9.97 Å². The zero-order chi connectivity index (χ0) is 11.1. The fraction of sp³-hybridized carbons (Fsp3) is 0. The monoisotopic (exact) mass is 203 g/mol. The molecule has 0 radical (unpaired) electrons. The summed E-state index contributed by atoms with van der Waals surface area (Å²) in [4.78, 5) is 7.50. The maximum Gasteiger partial charge on any atom is 0.146 e. The van der Waals surface area contributed by atoms with Gasteiger partial charge in [-0.3, -0.25) is 4.98 Å². The number of hydrogen-bond acceptors (Lipinski definition) is 5. The Morgan fingerprint density at radius 3 is 1.87 bits per heavy atom. The van der Waals surface area contributed by atoms with Gasteiger partial charge in [0.05, 0.1) is 5.69 Å². The van der Waals surface area contributed by atoms with Crippen LogP contribution in [0.15, 0.2) is 42.9 Å². The van der Waals surface area contributed by atoms with Crippen molar-refractivity contribution in [2.24, 2.45) is 0 Å². The van der Waals surface area contributed by atoms with Crippen LogP contribution in [-0.4, -0.2) is 9.97 Å². The van der Waals surface area contributed by atoms with Gasteiger partial charge in [0, 0.05) is 24.3 Å². The van der Waals surface area contributed by atoms with Gasteiger partial charge in [-0.1, -0.05) is 0 Å². The molecule has 0 saturated heterocycles. The first-order valence-electron chi connectivity index (χ1n) is 4.31. The van der Waals surface area contributed by atoms with Crippen LogP contribution < -0.4 is 17.2 Å². The predicted octanol–water partition coefficient (Wildman–Crippen LogP) is 0.910. The molecule has 0 aliphatic rings.